The van der Waals surface area contributed by atoms with Crippen molar-refractivity contribution in [2.45, 2.75) is 13.0 Å². The number of aliphatic carboxylic acids is 1. The number of methoxy groups -OCH3 is 1. The summed E-state index contributed by atoms with van der Waals surface area (Å²) in [6, 6.07) is 11.4. The van der Waals surface area contributed by atoms with Gasteiger partial charge in [-0.05, 0) is 54.6 Å². The zero-order chi connectivity index (χ0) is 21.1. The second-order valence-electron chi connectivity index (χ2n) is 5.98. The minimum atomic E-state index is -1.11. The first-order valence-electron chi connectivity index (χ1n) is 8.41. The van der Waals surface area contributed by atoms with Gasteiger partial charge in [0.15, 0.2) is 17.6 Å². The highest BCUT2D eigenvalue weighted by molar-refractivity contribution is 8.19. The fourth-order valence-electron chi connectivity index (χ4n) is 2.57. The maximum Gasteiger partial charge on any atom is 0.344 e. The van der Waals surface area contributed by atoms with Gasteiger partial charge in [0.1, 0.15) is 0 Å². The van der Waals surface area contributed by atoms with E-state index in [2.05, 4.69) is 0 Å². The molecule has 0 spiro atoms. The second kappa shape index (κ2) is 8.59. The lowest BCUT2D eigenvalue weighted by atomic mass is 10.1. The molecule has 9 heteroatoms. The predicted molar refractivity (Wildman–Crippen MR) is 111 cm³/mol. The summed E-state index contributed by atoms with van der Waals surface area (Å²) in [6.07, 6.45) is 0.496. The fraction of sp³-hybridized carbons (Fsp3) is 0.150. The molecule has 1 fully saturated rings. The molecule has 2 amide bonds. The summed E-state index contributed by atoms with van der Waals surface area (Å²) in [5.41, 5.74) is 0.908. The number of anilines is 1. The number of benzene rings is 2. The van der Waals surface area contributed by atoms with E-state index in [0.29, 0.717) is 22.0 Å². The van der Waals surface area contributed by atoms with Crippen LogP contribution in [0.15, 0.2) is 47.4 Å². The number of halogens is 1. The third-order valence-electron chi connectivity index (χ3n) is 4.02. The topological polar surface area (TPSA) is 93.1 Å². The Hall–Kier alpha value is -2.97. The van der Waals surface area contributed by atoms with Gasteiger partial charge in [-0.25, -0.2) is 9.69 Å². The standard InChI is InChI=1S/C20H16ClNO6S/c1-11(19(24)25)28-15-8-7-12(9-16(15)27-2)10-17-18(23)22(20(26)29-17)14-6-4-3-5-13(14)21/h3-11H,1-2H3,(H,24,25)/b17-10+. The van der Waals surface area contributed by atoms with Crippen LogP contribution in [-0.4, -0.2) is 35.4 Å². The smallest absolute Gasteiger partial charge is 0.344 e. The molecular formula is C20H16ClNO6S. The van der Waals surface area contributed by atoms with E-state index in [-0.39, 0.29) is 10.7 Å². The molecule has 2 aromatic rings. The summed E-state index contributed by atoms with van der Waals surface area (Å²) in [7, 11) is 1.42. The summed E-state index contributed by atoms with van der Waals surface area (Å²) in [5, 5.41) is 8.83. The Morgan fingerprint density at radius 3 is 2.59 bits per heavy atom. The number of ether oxygens (including phenoxy) is 2. The lowest BCUT2D eigenvalue weighted by Crippen LogP contribution is -2.27. The summed E-state index contributed by atoms with van der Waals surface area (Å²) in [4.78, 5) is 37.4. The Morgan fingerprint density at radius 1 is 1.21 bits per heavy atom. The maximum absolute atomic E-state index is 12.8. The van der Waals surface area contributed by atoms with Crippen LogP contribution >= 0.6 is 23.4 Å². The summed E-state index contributed by atoms with van der Waals surface area (Å²) >= 11 is 6.92. The second-order valence-corrected chi connectivity index (χ2v) is 7.38. The summed E-state index contributed by atoms with van der Waals surface area (Å²) in [5.74, 6) is -1.03. The molecule has 1 aliphatic rings. The average Bonchev–Trinajstić information content (AvgIpc) is 2.96. The molecule has 29 heavy (non-hydrogen) atoms. The van der Waals surface area contributed by atoms with Gasteiger partial charge in [0.25, 0.3) is 11.1 Å². The van der Waals surface area contributed by atoms with Crippen LogP contribution in [0.25, 0.3) is 6.08 Å². The Labute approximate surface area is 175 Å². The van der Waals surface area contributed by atoms with Crippen LogP contribution in [-0.2, 0) is 9.59 Å². The Kier molecular flexibility index (Phi) is 6.14. The summed E-state index contributed by atoms with van der Waals surface area (Å²) < 4.78 is 10.6. The number of thioether (sulfide) groups is 1. The zero-order valence-corrected chi connectivity index (χ0v) is 17.0. The van der Waals surface area contributed by atoms with Crippen LogP contribution in [0.5, 0.6) is 11.5 Å². The number of carboxylic acids is 1. The molecule has 1 N–H and O–H groups in total. The molecule has 7 nitrogen and oxygen atoms in total. The van der Waals surface area contributed by atoms with E-state index in [1.54, 1.807) is 48.5 Å². The zero-order valence-electron chi connectivity index (χ0n) is 15.4. The molecule has 1 unspecified atom stereocenters. The normalized spacial score (nSPS) is 16.2. The van der Waals surface area contributed by atoms with Gasteiger partial charge in [0.2, 0.25) is 0 Å². The maximum atomic E-state index is 12.8. The Morgan fingerprint density at radius 2 is 1.93 bits per heavy atom. The predicted octanol–water partition coefficient (Wildman–Crippen LogP) is 4.44. The molecule has 0 aromatic heterocycles. The van der Waals surface area contributed by atoms with Crippen LogP contribution in [0.2, 0.25) is 5.02 Å². The Balaban J connectivity index is 1.88. The molecule has 0 aliphatic carbocycles. The highest BCUT2D eigenvalue weighted by Gasteiger charge is 2.37. The van der Waals surface area contributed by atoms with Gasteiger partial charge >= 0.3 is 5.97 Å². The van der Waals surface area contributed by atoms with Crippen molar-refractivity contribution in [1.29, 1.82) is 0 Å². The molecule has 150 valence electrons. The highest BCUT2D eigenvalue weighted by atomic mass is 35.5. The van der Waals surface area contributed by atoms with Gasteiger partial charge in [0.05, 0.1) is 22.7 Å². The number of carboxylic acid groups (broad SMARTS) is 1. The van der Waals surface area contributed by atoms with E-state index in [1.807, 2.05) is 0 Å². The SMILES string of the molecule is COc1cc(/C=C2/SC(=O)N(c3ccccc3Cl)C2=O)ccc1OC(C)C(=O)O. The van der Waals surface area contributed by atoms with Crippen molar-refractivity contribution >= 4 is 52.2 Å². The molecule has 2 aromatic carbocycles. The number of rotatable bonds is 6. The summed E-state index contributed by atoms with van der Waals surface area (Å²) in [6.45, 7) is 1.40. The highest BCUT2D eigenvalue weighted by Crippen LogP contribution is 2.39. The third kappa shape index (κ3) is 4.38. The first kappa shape index (κ1) is 20.8. The lowest BCUT2D eigenvalue weighted by Gasteiger charge is -2.14. The minimum Gasteiger partial charge on any atom is -0.493 e. The van der Waals surface area contributed by atoms with Crippen LogP contribution in [0.3, 0.4) is 0 Å². The molecule has 1 aliphatic heterocycles. The molecule has 3 rings (SSSR count). The van der Waals surface area contributed by atoms with Crippen molar-refractivity contribution in [2.75, 3.05) is 12.0 Å². The van der Waals surface area contributed by atoms with Crippen LogP contribution in [0.1, 0.15) is 12.5 Å². The molecule has 1 saturated heterocycles. The van der Waals surface area contributed by atoms with Crippen molar-refractivity contribution < 1.29 is 29.0 Å². The molecule has 0 bridgehead atoms. The van der Waals surface area contributed by atoms with Crippen LogP contribution in [0.4, 0.5) is 10.5 Å². The van der Waals surface area contributed by atoms with Crippen molar-refractivity contribution in [3.63, 3.8) is 0 Å². The van der Waals surface area contributed by atoms with Crippen LogP contribution in [0, 0.1) is 0 Å². The van der Waals surface area contributed by atoms with Gasteiger partial charge in [-0.2, -0.15) is 0 Å². The van der Waals surface area contributed by atoms with Crippen molar-refractivity contribution in [3.05, 3.63) is 58.0 Å². The fourth-order valence-corrected chi connectivity index (χ4v) is 3.63. The number of para-hydroxylation sites is 1. The van der Waals surface area contributed by atoms with E-state index >= 15 is 0 Å². The Bertz CT molecular complexity index is 1020. The van der Waals surface area contributed by atoms with Gasteiger partial charge in [-0.3, -0.25) is 9.59 Å². The number of hydrogen-bond donors (Lipinski definition) is 1. The number of nitrogens with zero attached hydrogens (tertiary/aromatic N) is 1. The van der Waals surface area contributed by atoms with E-state index in [1.165, 1.54) is 14.0 Å². The van der Waals surface area contributed by atoms with Crippen LogP contribution < -0.4 is 14.4 Å². The van der Waals surface area contributed by atoms with Crippen molar-refractivity contribution in [2.24, 2.45) is 0 Å². The number of imide groups is 1. The van der Waals surface area contributed by atoms with Gasteiger partial charge in [0, 0.05) is 0 Å². The molecule has 0 saturated carbocycles. The molecule has 1 atom stereocenters. The van der Waals surface area contributed by atoms with E-state index in [0.717, 1.165) is 16.7 Å². The van der Waals surface area contributed by atoms with Gasteiger partial charge < -0.3 is 14.6 Å². The third-order valence-corrected chi connectivity index (χ3v) is 5.21. The largest absolute Gasteiger partial charge is 0.493 e. The van der Waals surface area contributed by atoms with Gasteiger partial charge in [-0.15, -0.1) is 0 Å². The molecule has 0 radical (unpaired) electrons. The molecule has 1 heterocycles. The van der Waals surface area contributed by atoms with Crippen molar-refractivity contribution in [1.82, 2.24) is 0 Å². The van der Waals surface area contributed by atoms with E-state index in [9.17, 15) is 14.4 Å². The first-order valence-corrected chi connectivity index (χ1v) is 9.61. The van der Waals surface area contributed by atoms with E-state index in [4.69, 9.17) is 26.2 Å². The number of carbonyl (C=O) groups excluding carboxylic acids is 2. The van der Waals surface area contributed by atoms with Crippen molar-refractivity contribution in [3.8, 4) is 11.5 Å². The van der Waals surface area contributed by atoms with Gasteiger partial charge in [-0.1, -0.05) is 29.8 Å². The van der Waals surface area contributed by atoms with E-state index < -0.39 is 23.2 Å². The average molecular weight is 434 g/mol. The monoisotopic (exact) mass is 433 g/mol. The first-order chi connectivity index (χ1) is 13.8. The molecular weight excluding hydrogens is 418 g/mol. The quantitative estimate of drug-likeness (QED) is 0.673. The number of carbonyl (C=O) groups is 3. The minimum absolute atomic E-state index is 0.226. The lowest BCUT2D eigenvalue weighted by molar-refractivity contribution is -0.144. The number of amides is 2. The number of hydrogen-bond acceptors (Lipinski definition) is 6.